The summed E-state index contributed by atoms with van der Waals surface area (Å²) in [7, 11) is 0. The van der Waals surface area contributed by atoms with Crippen LogP contribution in [0.3, 0.4) is 0 Å². The summed E-state index contributed by atoms with van der Waals surface area (Å²) >= 11 is 0.727. The Hall–Kier alpha value is -0.370. The second-order valence-corrected chi connectivity index (χ2v) is 5.60. The molecule has 0 amide bonds. The highest BCUT2D eigenvalue weighted by Gasteiger charge is 2.34. The standard InChI is InChI=1S/C11H16F3N3S.ClH/c12-11(13,14)10-16-6-9(18-10)7-17-4-2-1-3-8(17)5-15;/h6,8H,1-5,7,15H2;1H. The third-order valence-corrected chi connectivity index (χ3v) is 4.20. The lowest BCUT2D eigenvalue weighted by Gasteiger charge is -2.34. The number of hydrogen-bond acceptors (Lipinski definition) is 4. The zero-order valence-electron chi connectivity index (χ0n) is 10.3. The Labute approximate surface area is 120 Å². The van der Waals surface area contributed by atoms with Gasteiger partial charge in [0.1, 0.15) is 0 Å². The summed E-state index contributed by atoms with van der Waals surface area (Å²) < 4.78 is 37.3. The lowest BCUT2D eigenvalue weighted by molar-refractivity contribution is -0.137. The molecule has 0 saturated carbocycles. The van der Waals surface area contributed by atoms with Crippen LogP contribution in [0, 0.1) is 0 Å². The van der Waals surface area contributed by atoms with Crippen molar-refractivity contribution in [2.75, 3.05) is 13.1 Å². The number of likely N-dealkylation sites (tertiary alicyclic amines) is 1. The van der Waals surface area contributed by atoms with E-state index in [0.29, 0.717) is 18.0 Å². The van der Waals surface area contributed by atoms with Gasteiger partial charge < -0.3 is 5.73 Å². The number of rotatable bonds is 3. The molecule has 0 aliphatic carbocycles. The topological polar surface area (TPSA) is 42.1 Å². The molecule has 1 aromatic rings. The molecule has 2 N–H and O–H groups in total. The van der Waals surface area contributed by atoms with E-state index in [4.69, 9.17) is 5.73 Å². The smallest absolute Gasteiger partial charge is 0.329 e. The first-order valence-electron chi connectivity index (χ1n) is 5.96. The molecule has 2 rings (SSSR count). The molecule has 1 aromatic heterocycles. The maximum absolute atomic E-state index is 12.4. The highest BCUT2D eigenvalue weighted by Crippen LogP contribution is 2.33. The van der Waals surface area contributed by atoms with Gasteiger partial charge in [-0.05, 0) is 19.4 Å². The third-order valence-electron chi connectivity index (χ3n) is 3.18. The van der Waals surface area contributed by atoms with Gasteiger partial charge in [0.15, 0.2) is 5.01 Å². The van der Waals surface area contributed by atoms with Crippen LogP contribution in [0.15, 0.2) is 6.20 Å². The summed E-state index contributed by atoms with van der Waals surface area (Å²) in [5.74, 6) is 0. The van der Waals surface area contributed by atoms with E-state index in [-0.39, 0.29) is 18.4 Å². The van der Waals surface area contributed by atoms with Crippen LogP contribution in [-0.2, 0) is 12.7 Å². The molecule has 110 valence electrons. The van der Waals surface area contributed by atoms with Crippen LogP contribution in [0.25, 0.3) is 0 Å². The van der Waals surface area contributed by atoms with Gasteiger partial charge in [-0.2, -0.15) is 13.2 Å². The highest BCUT2D eigenvalue weighted by atomic mass is 35.5. The second-order valence-electron chi connectivity index (χ2n) is 4.49. The molecule has 1 unspecified atom stereocenters. The SMILES string of the molecule is Cl.NCC1CCCCN1Cc1cnc(C(F)(F)F)s1. The lowest BCUT2D eigenvalue weighted by atomic mass is 10.0. The van der Waals surface area contributed by atoms with Crippen molar-refractivity contribution in [3.05, 3.63) is 16.1 Å². The lowest BCUT2D eigenvalue weighted by Crippen LogP contribution is -2.43. The largest absolute Gasteiger partial charge is 0.443 e. The van der Waals surface area contributed by atoms with Gasteiger partial charge in [-0.15, -0.1) is 23.7 Å². The fourth-order valence-corrected chi connectivity index (χ4v) is 3.05. The van der Waals surface area contributed by atoms with E-state index >= 15 is 0 Å². The van der Waals surface area contributed by atoms with E-state index in [9.17, 15) is 13.2 Å². The van der Waals surface area contributed by atoms with Crippen LogP contribution in [0.5, 0.6) is 0 Å². The fraction of sp³-hybridized carbons (Fsp3) is 0.727. The summed E-state index contributed by atoms with van der Waals surface area (Å²) in [5.41, 5.74) is 5.69. The number of alkyl halides is 3. The summed E-state index contributed by atoms with van der Waals surface area (Å²) in [4.78, 5) is 6.26. The van der Waals surface area contributed by atoms with E-state index in [2.05, 4.69) is 9.88 Å². The van der Waals surface area contributed by atoms with Crippen molar-refractivity contribution in [1.82, 2.24) is 9.88 Å². The molecule has 0 spiro atoms. The van der Waals surface area contributed by atoms with Gasteiger partial charge in [-0.1, -0.05) is 6.42 Å². The minimum atomic E-state index is -4.34. The molecule has 1 fully saturated rings. The van der Waals surface area contributed by atoms with Crippen LogP contribution in [-0.4, -0.2) is 29.0 Å². The number of piperidine rings is 1. The molecular formula is C11H17ClF3N3S. The minimum absolute atomic E-state index is 0. The monoisotopic (exact) mass is 315 g/mol. The Morgan fingerprint density at radius 1 is 1.42 bits per heavy atom. The van der Waals surface area contributed by atoms with Crippen LogP contribution in [0.2, 0.25) is 0 Å². The first-order valence-corrected chi connectivity index (χ1v) is 6.78. The van der Waals surface area contributed by atoms with Crippen LogP contribution in [0.1, 0.15) is 29.1 Å². The predicted octanol–water partition coefficient (Wildman–Crippen LogP) is 2.90. The Balaban J connectivity index is 0.00000180. The molecule has 1 aliphatic heterocycles. The number of halogens is 4. The molecule has 8 heteroatoms. The van der Waals surface area contributed by atoms with Crippen LogP contribution < -0.4 is 5.73 Å². The van der Waals surface area contributed by atoms with Crippen molar-refractivity contribution in [2.45, 2.75) is 38.0 Å². The van der Waals surface area contributed by atoms with Crippen LogP contribution in [0.4, 0.5) is 13.2 Å². The number of nitrogens with two attached hydrogens (primary N) is 1. The Morgan fingerprint density at radius 3 is 2.74 bits per heavy atom. The van der Waals surface area contributed by atoms with Crippen molar-refractivity contribution in [3.63, 3.8) is 0 Å². The Morgan fingerprint density at radius 2 is 2.16 bits per heavy atom. The molecule has 3 nitrogen and oxygen atoms in total. The average molecular weight is 316 g/mol. The van der Waals surface area contributed by atoms with Crippen molar-refractivity contribution < 1.29 is 13.2 Å². The van der Waals surface area contributed by atoms with Gasteiger partial charge in [0.25, 0.3) is 0 Å². The number of nitrogens with zero attached hydrogens (tertiary/aromatic N) is 2. The Kier molecular flexibility index (Phi) is 6.04. The predicted molar refractivity (Wildman–Crippen MR) is 71.5 cm³/mol. The zero-order chi connectivity index (χ0) is 13.2. The minimum Gasteiger partial charge on any atom is -0.329 e. The molecule has 1 aliphatic rings. The molecule has 0 bridgehead atoms. The van der Waals surface area contributed by atoms with Gasteiger partial charge in [-0.25, -0.2) is 4.98 Å². The molecule has 1 saturated heterocycles. The maximum atomic E-state index is 12.4. The van der Waals surface area contributed by atoms with E-state index in [1.54, 1.807) is 0 Å². The second kappa shape index (κ2) is 6.88. The van der Waals surface area contributed by atoms with Gasteiger partial charge in [0.05, 0.1) is 0 Å². The van der Waals surface area contributed by atoms with Crippen LogP contribution >= 0.6 is 23.7 Å². The van der Waals surface area contributed by atoms with Crippen molar-refractivity contribution >= 4 is 23.7 Å². The van der Waals surface area contributed by atoms with E-state index in [1.807, 2.05) is 0 Å². The molecule has 0 radical (unpaired) electrons. The van der Waals surface area contributed by atoms with Gasteiger partial charge in [-0.3, -0.25) is 4.90 Å². The quantitative estimate of drug-likeness (QED) is 0.932. The molecule has 19 heavy (non-hydrogen) atoms. The molecule has 1 atom stereocenters. The van der Waals surface area contributed by atoms with Crippen molar-refractivity contribution in [3.8, 4) is 0 Å². The summed E-state index contributed by atoms with van der Waals surface area (Å²) in [5, 5.41) is -0.765. The summed E-state index contributed by atoms with van der Waals surface area (Å²) in [6.45, 7) is 1.99. The fourth-order valence-electron chi connectivity index (χ4n) is 2.25. The van der Waals surface area contributed by atoms with E-state index < -0.39 is 11.2 Å². The average Bonchev–Trinajstić information content (AvgIpc) is 2.78. The molecular weight excluding hydrogens is 299 g/mol. The summed E-state index contributed by atoms with van der Waals surface area (Å²) in [6.07, 6.45) is 0.255. The number of thiazole rings is 1. The van der Waals surface area contributed by atoms with Gasteiger partial charge in [0.2, 0.25) is 0 Å². The zero-order valence-corrected chi connectivity index (χ0v) is 12.0. The van der Waals surface area contributed by atoms with E-state index in [1.165, 1.54) is 6.20 Å². The van der Waals surface area contributed by atoms with Crippen molar-refractivity contribution in [1.29, 1.82) is 0 Å². The number of aromatic nitrogens is 1. The number of hydrogen-bond donors (Lipinski definition) is 1. The third kappa shape index (κ3) is 4.30. The highest BCUT2D eigenvalue weighted by molar-refractivity contribution is 7.11. The first-order chi connectivity index (χ1) is 8.50. The molecule has 2 heterocycles. The normalized spacial score (nSPS) is 21.2. The van der Waals surface area contributed by atoms with Gasteiger partial charge in [0, 0.05) is 30.2 Å². The first kappa shape index (κ1) is 16.7. The Bertz CT molecular complexity index is 397. The summed E-state index contributed by atoms with van der Waals surface area (Å²) in [6, 6.07) is 0.287. The maximum Gasteiger partial charge on any atom is 0.443 e. The van der Waals surface area contributed by atoms with Crippen molar-refractivity contribution in [2.24, 2.45) is 5.73 Å². The van der Waals surface area contributed by atoms with Gasteiger partial charge >= 0.3 is 6.18 Å². The molecule has 0 aromatic carbocycles. The van der Waals surface area contributed by atoms with E-state index in [0.717, 1.165) is 37.1 Å².